The van der Waals surface area contributed by atoms with E-state index in [4.69, 9.17) is 0 Å². The quantitative estimate of drug-likeness (QED) is 0.684. The van der Waals surface area contributed by atoms with Crippen molar-refractivity contribution < 1.29 is 22.0 Å². The molecule has 0 atom stereocenters. The zero-order chi connectivity index (χ0) is 22.8. The number of carbonyl (C=O) groups excluding carboxylic acids is 1. The summed E-state index contributed by atoms with van der Waals surface area (Å²) in [7, 11) is -0.699. The highest BCUT2D eigenvalue weighted by atomic mass is 32.2. The van der Waals surface area contributed by atoms with E-state index >= 15 is 0 Å². The number of nitrogens with one attached hydrogen (secondary N) is 1. The van der Waals surface area contributed by atoms with Gasteiger partial charge in [0.25, 0.3) is 10.2 Å². The number of hydrogen-bond acceptors (Lipinski definition) is 4. The highest BCUT2D eigenvalue weighted by molar-refractivity contribution is 7.87. The van der Waals surface area contributed by atoms with Crippen LogP contribution in [0.2, 0.25) is 0 Å². The monoisotopic (exact) mass is 450 g/mol. The molecular formula is C21H24F2N4O3S. The molecule has 0 unspecified atom stereocenters. The minimum absolute atomic E-state index is 0.100. The molecule has 7 nitrogen and oxygen atoms in total. The van der Waals surface area contributed by atoms with Gasteiger partial charge in [-0.3, -0.25) is 9.78 Å². The number of aromatic nitrogens is 1. The van der Waals surface area contributed by atoms with Crippen LogP contribution in [0.5, 0.6) is 0 Å². The molecule has 0 radical (unpaired) electrons. The van der Waals surface area contributed by atoms with Gasteiger partial charge in [0.05, 0.1) is 0 Å². The second-order valence-electron chi connectivity index (χ2n) is 7.41. The SMILES string of the molecule is Cc1ncc2c(c1CNS(=O)(=O)N(C)C)CCN(C(=O)C=Cc1c(F)cccc1F)C2. The minimum Gasteiger partial charge on any atom is -0.334 e. The highest BCUT2D eigenvalue weighted by Crippen LogP contribution is 2.24. The normalized spacial score (nSPS) is 14.3. The number of carbonyl (C=O) groups is 1. The zero-order valence-corrected chi connectivity index (χ0v) is 18.3. The number of amides is 1. The Labute approximate surface area is 180 Å². The summed E-state index contributed by atoms with van der Waals surface area (Å²) in [5.74, 6) is -1.85. The number of nitrogens with zero attached hydrogens (tertiary/aromatic N) is 3. The lowest BCUT2D eigenvalue weighted by Crippen LogP contribution is -2.37. The third-order valence-corrected chi connectivity index (χ3v) is 6.68. The lowest BCUT2D eigenvalue weighted by Gasteiger charge is -2.30. The van der Waals surface area contributed by atoms with E-state index in [9.17, 15) is 22.0 Å². The van der Waals surface area contributed by atoms with Crippen molar-refractivity contribution in [2.45, 2.75) is 26.4 Å². The Bertz CT molecular complexity index is 1110. The van der Waals surface area contributed by atoms with Gasteiger partial charge in [-0.15, -0.1) is 0 Å². The summed E-state index contributed by atoms with van der Waals surface area (Å²) < 4.78 is 55.2. The zero-order valence-electron chi connectivity index (χ0n) is 17.5. The van der Waals surface area contributed by atoms with Gasteiger partial charge in [-0.25, -0.2) is 8.78 Å². The van der Waals surface area contributed by atoms with Gasteiger partial charge in [0.15, 0.2) is 0 Å². The topological polar surface area (TPSA) is 82.6 Å². The van der Waals surface area contributed by atoms with Crippen LogP contribution in [0.25, 0.3) is 6.08 Å². The van der Waals surface area contributed by atoms with Gasteiger partial charge in [0.2, 0.25) is 5.91 Å². The largest absolute Gasteiger partial charge is 0.334 e. The van der Waals surface area contributed by atoms with E-state index in [0.717, 1.165) is 51.0 Å². The molecule has 1 N–H and O–H groups in total. The number of fused-ring (bicyclic) bond motifs is 1. The number of halogens is 2. The highest BCUT2D eigenvalue weighted by Gasteiger charge is 2.24. The maximum Gasteiger partial charge on any atom is 0.279 e. The van der Waals surface area contributed by atoms with E-state index in [0.29, 0.717) is 13.0 Å². The van der Waals surface area contributed by atoms with Crippen molar-refractivity contribution in [3.8, 4) is 0 Å². The van der Waals surface area contributed by atoms with Gasteiger partial charge in [-0.05, 0) is 48.2 Å². The van der Waals surface area contributed by atoms with Crippen molar-refractivity contribution in [2.24, 2.45) is 0 Å². The molecule has 10 heteroatoms. The van der Waals surface area contributed by atoms with Crippen molar-refractivity contribution in [1.29, 1.82) is 0 Å². The van der Waals surface area contributed by atoms with E-state index in [2.05, 4.69) is 9.71 Å². The first-order valence-electron chi connectivity index (χ1n) is 9.64. The lowest BCUT2D eigenvalue weighted by atomic mass is 9.95. The predicted octanol–water partition coefficient (Wildman–Crippen LogP) is 2.16. The third kappa shape index (κ3) is 5.15. The second-order valence-corrected chi connectivity index (χ2v) is 9.38. The van der Waals surface area contributed by atoms with E-state index in [1.165, 1.54) is 20.2 Å². The summed E-state index contributed by atoms with van der Waals surface area (Å²) in [5.41, 5.74) is 3.02. The first-order valence-corrected chi connectivity index (χ1v) is 11.1. The van der Waals surface area contributed by atoms with E-state index in [1.54, 1.807) is 11.1 Å². The van der Waals surface area contributed by atoms with Crippen LogP contribution in [0.15, 0.2) is 30.5 Å². The number of aryl methyl sites for hydroxylation is 1. The average Bonchev–Trinajstić information content (AvgIpc) is 2.72. The van der Waals surface area contributed by atoms with E-state index < -0.39 is 21.8 Å². The summed E-state index contributed by atoms with van der Waals surface area (Å²) in [6.07, 6.45) is 4.48. The van der Waals surface area contributed by atoms with Crippen molar-refractivity contribution in [3.63, 3.8) is 0 Å². The second kappa shape index (κ2) is 9.21. The molecule has 3 rings (SSSR count). The van der Waals surface area contributed by atoms with Crippen LogP contribution in [0.1, 0.15) is 27.9 Å². The number of hydrogen-bond donors (Lipinski definition) is 1. The molecule has 0 bridgehead atoms. The molecule has 1 aliphatic heterocycles. The Morgan fingerprint density at radius 2 is 1.97 bits per heavy atom. The molecule has 0 aliphatic carbocycles. The molecular weight excluding hydrogens is 426 g/mol. The van der Waals surface area contributed by atoms with Crippen LogP contribution in [0, 0.1) is 18.6 Å². The molecule has 31 heavy (non-hydrogen) atoms. The number of rotatable bonds is 6. The molecule has 0 spiro atoms. The summed E-state index contributed by atoms with van der Waals surface area (Å²) >= 11 is 0. The molecule has 166 valence electrons. The van der Waals surface area contributed by atoms with Gasteiger partial charge >= 0.3 is 0 Å². The van der Waals surface area contributed by atoms with Crippen molar-refractivity contribution in [1.82, 2.24) is 18.9 Å². The summed E-state index contributed by atoms with van der Waals surface area (Å²) in [4.78, 5) is 18.5. The molecule has 2 aromatic rings. The van der Waals surface area contributed by atoms with Crippen LogP contribution in [-0.4, -0.2) is 49.2 Å². The summed E-state index contributed by atoms with van der Waals surface area (Å²) in [6.45, 7) is 2.58. The van der Waals surface area contributed by atoms with E-state index in [1.807, 2.05) is 6.92 Å². The number of benzene rings is 1. The smallest absolute Gasteiger partial charge is 0.279 e. The van der Waals surface area contributed by atoms with Crippen LogP contribution in [0.4, 0.5) is 8.78 Å². The molecule has 0 fully saturated rings. The Balaban J connectivity index is 1.76. The molecule has 0 saturated heterocycles. The Hall–Kier alpha value is -2.69. The lowest BCUT2D eigenvalue weighted by molar-refractivity contribution is -0.126. The van der Waals surface area contributed by atoms with Crippen molar-refractivity contribution in [3.05, 3.63) is 70.1 Å². The Morgan fingerprint density at radius 1 is 1.29 bits per heavy atom. The molecule has 1 aromatic heterocycles. The molecule has 0 saturated carbocycles. The Kier molecular flexibility index (Phi) is 6.83. The van der Waals surface area contributed by atoms with Crippen LogP contribution >= 0.6 is 0 Å². The van der Waals surface area contributed by atoms with E-state index in [-0.39, 0.29) is 24.6 Å². The average molecular weight is 451 g/mol. The minimum atomic E-state index is -3.58. The van der Waals surface area contributed by atoms with Gasteiger partial charge < -0.3 is 4.90 Å². The van der Waals surface area contributed by atoms with Crippen LogP contribution in [-0.2, 0) is 34.5 Å². The summed E-state index contributed by atoms with van der Waals surface area (Å²) in [5, 5.41) is 0. The van der Waals surface area contributed by atoms with Gasteiger partial charge in [0, 0.05) is 57.3 Å². The molecule has 1 aromatic carbocycles. The first-order chi connectivity index (χ1) is 14.6. The van der Waals surface area contributed by atoms with Crippen molar-refractivity contribution >= 4 is 22.2 Å². The molecule has 1 aliphatic rings. The number of pyridine rings is 1. The van der Waals surface area contributed by atoms with Gasteiger partial charge in [-0.2, -0.15) is 17.4 Å². The predicted molar refractivity (Wildman–Crippen MR) is 113 cm³/mol. The first kappa shape index (κ1) is 23.0. The Morgan fingerprint density at radius 3 is 2.61 bits per heavy atom. The van der Waals surface area contributed by atoms with Gasteiger partial charge in [-0.1, -0.05) is 6.07 Å². The maximum absolute atomic E-state index is 13.8. The standard InChI is InChI=1S/C21H24F2N4O3S/c1-14-18(12-25-31(29,30)26(2)3)16-9-10-27(13-15(16)11-24-14)21(28)8-7-17-19(22)5-4-6-20(17)23/h4-8,11,25H,9-10,12-13H2,1-3H3. The third-order valence-electron chi connectivity index (χ3n) is 5.21. The van der Waals surface area contributed by atoms with Crippen LogP contribution in [0.3, 0.4) is 0 Å². The fourth-order valence-corrected chi connectivity index (χ4v) is 3.95. The molecule has 1 amide bonds. The van der Waals surface area contributed by atoms with Crippen molar-refractivity contribution in [2.75, 3.05) is 20.6 Å². The fourth-order valence-electron chi connectivity index (χ4n) is 3.37. The van der Waals surface area contributed by atoms with Gasteiger partial charge in [0.1, 0.15) is 11.6 Å². The fraction of sp³-hybridized carbons (Fsp3) is 0.333. The maximum atomic E-state index is 13.8. The van der Waals surface area contributed by atoms with Crippen LogP contribution < -0.4 is 4.72 Å². The molecule has 2 heterocycles. The summed E-state index contributed by atoms with van der Waals surface area (Å²) in [6, 6.07) is 3.52.